The second kappa shape index (κ2) is 4.84. The number of fused-ring (bicyclic) bond motifs is 3. The molecular weight excluding hydrogens is 278 g/mol. The first kappa shape index (κ1) is 12.8. The highest BCUT2D eigenvalue weighted by atomic mass is 16.3. The Morgan fingerprint density at radius 2 is 2.14 bits per heavy atom. The smallest absolute Gasteiger partial charge is 0.187 e. The lowest BCUT2D eigenvalue weighted by molar-refractivity contribution is 0.475. The van der Waals surface area contributed by atoms with Crippen molar-refractivity contribution in [3.05, 3.63) is 48.4 Å². The number of rotatable bonds is 1. The number of hydrogen-bond acceptors (Lipinski definition) is 5. The van der Waals surface area contributed by atoms with E-state index in [0.717, 1.165) is 29.4 Å². The van der Waals surface area contributed by atoms with Gasteiger partial charge >= 0.3 is 0 Å². The van der Waals surface area contributed by atoms with Crippen molar-refractivity contribution in [3.63, 3.8) is 0 Å². The molecule has 6 nitrogen and oxygen atoms in total. The number of nitrogens with one attached hydrogen (secondary N) is 1. The SMILES string of the molecule is CC1CNc2cc(O)ccc2-n2c(-c3ccccn3)nnc21. The van der Waals surface area contributed by atoms with Gasteiger partial charge < -0.3 is 10.4 Å². The lowest BCUT2D eigenvalue weighted by Gasteiger charge is -2.12. The summed E-state index contributed by atoms with van der Waals surface area (Å²) in [6.07, 6.45) is 1.74. The van der Waals surface area contributed by atoms with Crippen molar-refractivity contribution in [1.29, 1.82) is 0 Å². The molecule has 4 rings (SSSR count). The predicted molar refractivity (Wildman–Crippen MR) is 83.2 cm³/mol. The van der Waals surface area contributed by atoms with Crippen LogP contribution in [0.2, 0.25) is 0 Å². The molecule has 0 radical (unpaired) electrons. The molecule has 3 heterocycles. The van der Waals surface area contributed by atoms with Gasteiger partial charge in [-0.1, -0.05) is 13.0 Å². The monoisotopic (exact) mass is 293 g/mol. The van der Waals surface area contributed by atoms with Gasteiger partial charge in [-0.05, 0) is 24.3 Å². The molecule has 1 aromatic carbocycles. The minimum Gasteiger partial charge on any atom is -0.508 e. The molecule has 2 N–H and O–H groups in total. The molecule has 1 aliphatic rings. The van der Waals surface area contributed by atoms with Crippen LogP contribution in [0.5, 0.6) is 5.75 Å². The number of aromatic nitrogens is 4. The van der Waals surface area contributed by atoms with Crippen LogP contribution in [-0.4, -0.2) is 31.4 Å². The average molecular weight is 293 g/mol. The van der Waals surface area contributed by atoms with E-state index < -0.39 is 0 Å². The van der Waals surface area contributed by atoms with Crippen LogP contribution >= 0.6 is 0 Å². The molecular formula is C16H15N5O. The van der Waals surface area contributed by atoms with Crippen LogP contribution in [0.1, 0.15) is 18.7 Å². The molecule has 1 atom stereocenters. The Kier molecular flexibility index (Phi) is 2.82. The van der Waals surface area contributed by atoms with Crippen LogP contribution in [0.3, 0.4) is 0 Å². The lowest BCUT2D eigenvalue weighted by Crippen LogP contribution is -2.09. The minimum absolute atomic E-state index is 0.194. The van der Waals surface area contributed by atoms with E-state index in [1.807, 2.05) is 28.8 Å². The van der Waals surface area contributed by atoms with Gasteiger partial charge in [0.15, 0.2) is 5.82 Å². The van der Waals surface area contributed by atoms with Crippen LogP contribution in [0.15, 0.2) is 42.6 Å². The maximum atomic E-state index is 9.74. The Morgan fingerprint density at radius 3 is 2.95 bits per heavy atom. The standard InChI is InChI=1S/C16H15N5O/c1-10-9-18-13-8-11(22)5-6-14(13)21-15(10)19-20-16(21)12-4-2-3-7-17-12/h2-8,10,18,22H,9H2,1H3. The molecule has 2 aromatic heterocycles. The van der Waals surface area contributed by atoms with E-state index in [1.54, 1.807) is 18.3 Å². The molecule has 110 valence electrons. The molecule has 0 aliphatic carbocycles. The van der Waals surface area contributed by atoms with Crippen LogP contribution in [0, 0.1) is 0 Å². The third-order valence-corrected chi connectivity index (χ3v) is 3.84. The Hall–Kier alpha value is -2.89. The summed E-state index contributed by atoms with van der Waals surface area (Å²) in [4.78, 5) is 4.38. The number of aromatic hydroxyl groups is 1. The third kappa shape index (κ3) is 1.92. The highest BCUT2D eigenvalue weighted by Gasteiger charge is 2.25. The number of phenolic OH excluding ortho intramolecular Hbond substituents is 1. The highest BCUT2D eigenvalue weighted by Crippen LogP contribution is 2.34. The second-order valence-electron chi connectivity index (χ2n) is 5.42. The van der Waals surface area contributed by atoms with Gasteiger partial charge in [0.1, 0.15) is 17.3 Å². The Bertz CT molecular complexity index is 828. The van der Waals surface area contributed by atoms with E-state index in [-0.39, 0.29) is 11.7 Å². The first-order valence-electron chi connectivity index (χ1n) is 7.18. The minimum atomic E-state index is 0.194. The average Bonchev–Trinajstić information content (AvgIpc) is 2.93. The number of phenols is 1. The summed E-state index contributed by atoms with van der Waals surface area (Å²) in [6.45, 7) is 2.83. The maximum absolute atomic E-state index is 9.74. The van der Waals surface area contributed by atoms with Crippen LogP contribution < -0.4 is 5.32 Å². The normalized spacial score (nSPS) is 16.3. The summed E-state index contributed by atoms with van der Waals surface area (Å²) in [5.41, 5.74) is 2.56. The number of nitrogens with zero attached hydrogens (tertiary/aromatic N) is 4. The van der Waals surface area contributed by atoms with Gasteiger partial charge in [-0.3, -0.25) is 9.55 Å². The van der Waals surface area contributed by atoms with Crippen molar-refractivity contribution in [3.8, 4) is 23.0 Å². The van der Waals surface area contributed by atoms with Crippen LogP contribution in [-0.2, 0) is 0 Å². The molecule has 0 fully saturated rings. The molecule has 0 bridgehead atoms. The topological polar surface area (TPSA) is 75.9 Å². The number of anilines is 1. The van der Waals surface area contributed by atoms with Crippen LogP contribution in [0.4, 0.5) is 5.69 Å². The van der Waals surface area contributed by atoms with Gasteiger partial charge in [0.25, 0.3) is 0 Å². The molecule has 22 heavy (non-hydrogen) atoms. The van der Waals surface area contributed by atoms with Crippen molar-refractivity contribution in [2.45, 2.75) is 12.8 Å². The summed E-state index contributed by atoms with van der Waals surface area (Å²) in [7, 11) is 0. The lowest BCUT2D eigenvalue weighted by atomic mass is 10.1. The molecule has 1 unspecified atom stereocenters. The summed E-state index contributed by atoms with van der Waals surface area (Å²) in [5, 5.41) is 21.8. The second-order valence-corrected chi connectivity index (χ2v) is 5.42. The van der Waals surface area contributed by atoms with Gasteiger partial charge in [0.05, 0.1) is 11.4 Å². The van der Waals surface area contributed by atoms with Gasteiger partial charge in [0.2, 0.25) is 0 Å². The Morgan fingerprint density at radius 1 is 1.23 bits per heavy atom. The fourth-order valence-corrected chi connectivity index (χ4v) is 2.73. The first-order chi connectivity index (χ1) is 10.7. The summed E-state index contributed by atoms with van der Waals surface area (Å²) >= 11 is 0. The van der Waals surface area contributed by atoms with E-state index in [9.17, 15) is 5.11 Å². The van der Waals surface area contributed by atoms with E-state index in [0.29, 0.717) is 5.82 Å². The zero-order chi connectivity index (χ0) is 15.1. The van der Waals surface area contributed by atoms with E-state index in [2.05, 4.69) is 27.4 Å². The molecule has 6 heteroatoms. The largest absolute Gasteiger partial charge is 0.508 e. The van der Waals surface area contributed by atoms with Gasteiger partial charge in [-0.2, -0.15) is 0 Å². The van der Waals surface area contributed by atoms with Crippen molar-refractivity contribution < 1.29 is 5.11 Å². The van der Waals surface area contributed by atoms with E-state index >= 15 is 0 Å². The van der Waals surface area contributed by atoms with E-state index in [4.69, 9.17) is 0 Å². The third-order valence-electron chi connectivity index (χ3n) is 3.84. The first-order valence-corrected chi connectivity index (χ1v) is 7.18. The Labute approximate surface area is 127 Å². The molecule has 0 saturated carbocycles. The summed E-state index contributed by atoms with van der Waals surface area (Å²) in [5.74, 6) is 2.02. The van der Waals surface area contributed by atoms with Crippen molar-refractivity contribution in [2.24, 2.45) is 0 Å². The fourth-order valence-electron chi connectivity index (χ4n) is 2.73. The highest BCUT2D eigenvalue weighted by molar-refractivity contribution is 5.68. The predicted octanol–water partition coefficient (Wildman–Crippen LogP) is 2.56. The zero-order valence-corrected chi connectivity index (χ0v) is 12.1. The van der Waals surface area contributed by atoms with Gasteiger partial charge in [0, 0.05) is 24.7 Å². The maximum Gasteiger partial charge on any atom is 0.187 e. The number of pyridine rings is 1. The van der Waals surface area contributed by atoms with E-state index in [1.165, 1.54) is 0 Å². The molecule has 1 aliphatic heterocycles. The van der Waals surface area contributed by atoms with Crippen molar-refractivity contribution >= 4 is 5.69 Å². The molecule has 3 aromatic rings. The van der Waals surface area contributed by atoms with Crippen molar-refractivity contribution in [1.82, 2.24) is 19.7 Å². The zero-order valence-electron chi connectivity index (χ0n) is 12.1. The quantitative estimate of drug-likeness (QED) is 0.721. The molecule has 0 amide bonds. The number of hydrogen-bond donors (Lipinski definition) is 2. The van der Waals surface area contributed by atoms with Crippen molar-refractivity contribution in [2.75, 3.05) is 11.9 Å². The van der Waals surface area contributed by atoms with Crippen LogP contribution in [0.25, 0.3) is 17.2 Å². The van der Waals surface area contributed by atoms with Gasteiger partial charge in [-0.15, -0.1) is 10.2 Å². The summed E-state index contributed by atoms with van der Waals surface area (Å²) < 4.78 is 2.02. The fraction of sp³-hybridized carbons (Fsp3) is 0.188. The molecule has 0 spiro atoms. The number of benzene rings is 1. The summed E-state index contributed by atoms with van der Waals surface area (Å²) in [6, 6.07) is 11.0. The Balaban J connectivity index is 2.00. The molecule has 0 saturated heterocycles. The van der Waals surface area contributed by atoms with Gasteiger partial charge in [-0.25, -0.2) is 0 Å².